The minimum absolute atomic E-state index is 0.352. The second-order valence-electron chi connectivity index (χ2n) is 7.11. The maximum absolute atomic E-state index is 12.3. The molecule has 1 aromatic heterocycles. The fourth-order valence-corrected chi connectivity index (χ4v) is 4.16. The molecule has 8 heteroatoms. The molecule has 0 amide bonds. The zero-order chi connectivity index (χ0) is 17.9. The molecule has 0 radical (unpaired) electrons. The molecule has 25 heavy (non-hydrogen) atoms. The van der Waals surface area contributed by atoms with Crippen LogP contribution in [0, 0.1) is 12.3 Å². The van der Waals surface area contributed by atoms with E-state index in [9.17, 15) is 14.7 Å². The van der Waals surface area contributed by atoms with Gasteiger partial charge in [-0.05, 0) is 19.8 Å². The molecule has 8 nitrogen and oxygen atoms in total. The van der Waals surface area contributed by atoms with Gasteiger partial charge in [0, 0.05) is 25.1 Å². The number of hydrogen-bond donors (Lipinski definition) is 2. The Labute approximate surface area is 143 Å². The molecular formula is C17H20N2O6. The fraction of sp³-hybridized carbons (Fsp3) is 0.647. The first kappa shape index (κ1) is 16.5. The van der Waals surface area contributed by atoms with E-state index in [4.69, 9.17) is 20.6 Å². The van der Waals surface area contributed by atoms with Crippen molar-refractivity contribution in [2.45, 2.75) is 61.9 Å². The summed E-state index contributed by atoms with van der Waals surface area (Å²) >= 11 is 0. The third kappa shape index (κ3) is 2.17. The summed E-state index contributed by atoms with van der Waals surface area (Å²) in [6.45, 7) is 1.33. The monoisotopic (exact) mass is 348 g/mol. The largest absolute Gasteiger partial charge is 0.393 e. The van der Waals surface area contributed by atoms with E-state index in [0.717, 1.165) is 12.8 Å². The Balaban J connectivity index is 1.86. The maximum atomic E-state index is 12.3. The van der Waals surface area contributed by atoms with E-state index in [1.807, 2.05) is 0 Å². The van der Waals surface area contributed by atoms with Gasteiger partial charge in [-0.2, -0.15) is 0 Å². The minimum Gasteiger partial charge on any atom is -0.393 e. The first-order chi connectivity index (χ1) is 11.9. The Kier molecular flexibility index (Phi) is 3.50. The molecule has 1 saturated carbocycles. The second kappa shape index (κ2) is 5.29. The Bertz CT molecular complexity index is 848. The zero-order valence-electron chi connectivity index (χ0n) is 13.9. The van der Waals surface area contributed by atoms with E-state index < -0.39 is 40.6 Å². The van der Waals surface area contributed by atoms with Gasteiger partial charge in [-0.1, -0.05) is 5.92 Å². The topological polar surface area (TPSA) is 103 Å². The molecule has 3 aliphatic rings. The van der Waals surface area contributed by atoms with Crippen LogP contribution in [0.4, 0.5) is 0 Å². The lowest BCUT2D eigenvalue weighted by Crippen LogP contribution is -2.49. The summed E-state index contributed by atoms with van der Waals surface area (Å²) in [6.07, 6.45) is 8.69. The van der Waals surface area contributed by atoms with Crippen LogP contribution >= 0.6 is 0 Å². The number of nitrogens with one attached hydrogen (secondary N) is 1. The normalized spacial score (nSPS) is 38.8. The highest BCUT2D eigenvalue weighted by atomic mass is 16.8. The number of rotatable bonds is 2. The molecule has 3 heterocycles. The molecule has 0 unspecified atom stereocenters. The van der Waals surface area contributed by atoms with Crippen LogP contribution < -0.4 is 11.2 Å². The first-order valence-electron chi connectivity index (χ1n) is 8.34. The number of H-pyrrole nitrogens is 1. The van der Waals surface area contributed by atoms with Gasteiger partial charge in [0.05, 0.1) is 6.61 Å². The number of fused-ring (bicyclic) bond motifs is 1. The van der Waals surface area contributed by atoms with Crippen LogP contribution in [0.2, 0.25) is 0 Å². The molecule has 3 fully saturated rings. The van der Waals surface area contributed by atoms with Crippen LogP contribution in [0.15, 0.2) is 21.9 Å². The van der Waals surface area contributed by atoms with Gasteiger partial charge in [0.15, 0.2) is 12.0 Å². The van der Waals surface area contributed by atoms with Crippen molar-refractivity contribution in [1.29, 1.82) is 0 Å². The standard InChI is InChI=1S/C17H20N2O6/c1-3-17-12(23-16(25-17)7-4-5-8-16)15(2,10-20)24-13(17)19-9-6-11(21)18-14(19)22/h1,6,9,12-13,20H,4-5,7-8,10H2,2H3,(H,18,21,22)/t12-,13-,15+,17-/m1/s1. The summed E-state index contributed by atoms with van der Waals surface area (Å²) in [5.74, 6) is 1.82. The maximum Gasteiger partial charge on any atom is 0.330 e. The summed E-state index contributed by atoms with van der Waals surface area (Å²) in [5, 5.41) is 9.92. The number of aromatic amines is 1. The molecule has 134 valence electrons. The molecule has 4 rings (SSSR count). The third-order valence-electron chi connectivity index (χ3n) is 5.39. The lowest BCUT2D eigenvalue weighted by Gasteiger charge is -2.32. The molecule has 0 aromatic carbocycles. The average molecular weight is 348 g/mol. The van der Waals surface area contributed by atoms with Crippen molar-refractivity contribution in [3.63, 3.8) is 0 Å². The van der Waals surface area contributed by atoms with Crippen molar-refractivity contribution < 1.29 is 19.3 Å². The van der Waals surface area contributed by atoms with E-state index in [0.29, 0.717) is 12.8 Å². The number of aliphatic hydroxyl groups is 1. The molecule has 1 aromatic rings. The van der Waals surface area contributed by atoms with E-state index in [-0.39, 0.29) is 6.61 Å². The van der Waals surface area contributed by atoms with Crippen LogP contribution in [-0.2, 0) is 14.2 Å². The lowest BCUT2D eigenvalue weighted by molar-refractivity contribution is -0.243. The quantitative estimate of drug-likeness (QED) is 0.722. The van der Waals surface area contributed by atoms with Gasteiger partial charge in [-0.15, -0.1) is 6.42 Å². The highest BCUT2D eigenvalue weighted by Crippen LogP contribution is 2.57. The van der Waals surface area contributed by atoms with Gasteiger partial charge < -0.3 is 19.3 Å². The third-order valence-corrected chi connectivity index (χ3v) is 5.39. The van der Waals surface area contributed by atoms with Crippen molar-refractivity contribution in [2.24, 2.45) is 0 Å². The van der Waals surface area contributed by atoms with Crippen molar-refractivity contribution in [3.8, 4) is 12.3 Å². The summed E-state index contributed by atoms with van der Waals surface area (Å²) in [4.78, 5) is 25.8. The first-order valence-corrected chi connectivity index (χ1v) is 8.34. The van der Waals surface area contributed by atoms with Gasteiger partial charge in [-0.3, -0.25) is 14.3 Å². The summed E-state index contributed by atoms with van der Waals surface area (Å²) in [7, 11) is 0. The predicted molar refractivity (Wildman–Crippen MR) is 85.7 cm³/mol. The fourth-order valence-electron chi connectivity index (χ4n) is 4.16. The zero-order valence-corrected chi connectivity index (χ0v) is 13.9. The molecule has 1 aliphatic carbocycles. The Morgan fingerprint density at radius 3 is 2.72 bits per heavy atom. The van der Waals surface area contributed by atoms with Gasteiger partial charge in [0.25, 0.3) is 5.56 Å². The van der Waals surface area contributed by atoms with Crippen LogP contribution in [-0.4, -0.2) is 44.4 Å². The van der Waals surface area contributed by atoms with E-state index in [2.05, 4.69) is 10.9 Å². The lowest BCUT2D eigenvalue weighted by atomic mass is 9.88. The number of ether oxygens (including phenoxy) is 3. The van der Waals surface area contributed by atoms with E-state index in [1.54, 1.807) is 6.92 Å². The van der Waals surface area contributed by atoms with Crippen LogP contribution in [0.1, 0.15) is 38.8 Å². The van der Waals surface area contributed by atoms with E-state index in [1.165, 1.54) is 16.8 Å². The second-order valence-corrected chi connectivity index (χ2v) is 7.11. The average Bonchev–Trinajstić information content (AvgIpc) is 3.24. The van der Waals surface area contributed by atoms with Crippen LogP contribution in [0.25, 0.3) is 0 Å². The molecule has 2 aliphatic heterocycles. The Morgan fingerprint density at radius 2 is 2.12 bits per heavy atom. The SMILES string of the molecule is C#C[C@@]12OC3(CCCC3)O[C@@H]1[C@](C)(CO)O[C@H]2n1ccc(=O)[nH]c1=O. The molecule has 1 spiro atoms. The summed E-state index contributed by atoms with van der Waals surface area (Å²) in [5.41, 5.74) is -3.70. The molecule has 0 bridgehead atoms. The van der Waals surface area contributed by atoms with Crippen LogP contribution in [0.3, 0.4) is 0 Å². The smallest absolute Gasteiger partial charge is 0.330 e. The number of hydrogen-bond acceptors (Lipinski definition) is 6. The van der Waals surface area contributed by atoms with Crippen LogP contribution in [0.5, 0.6) is 0 Å². The van der Waals surface area contributed by atoms with Gasteiger partial charge in [-0.25, -0.2) is 4.79 Å². The molecule has 2 N–H and O–H groups in total. The number of terminal acetylenes is 1. The van der Waals surface area contributed by atoms with Crippen molar-refractivity contribution in [1.82, 2.24) is 9.55 Å². The number of aromatic nitrogens is 2. The van der Waals surface area contributed by atoms with E-state index >= 15 is 0 Å². The van der Waals surface area contributed by atoms with Crippen molar-refractivity contribution in [3.05, 3.63) is 33.1 Å². The van der Waals surface area contributed by atoms with Gasteiger partial charge >= 0.3 is 5.69 Å². The van der Waals surface area contributed by atoms with Gasteiger partial charge in [0.2, 0.25) is 5.60 Å². The molecule has 2 saturated heterocycles. The molecular weight excluding hydrogens is 328 g/mol. The summed E-state index contributed by atoms with van der Waals surface area (Å²) in [6, 6.07) is 1.21. The van der Waals surface area contributed by atoms with Gasteiger partial charge in [0.1, 0.15) is 11.7 Å². The van der Waals surface area contributed by atoms with Crippen molar-refractivity contribution in [2.75, 3.05) is 6.61 Å². The number of nitrogens with zero attached hydrogens (tertiary/aromatic N) is 1. The highest BCUT2D eigenvalue weighted by molar-refractivity contribution is 5.27. The number of aliphatic hydroxyl groups excluding tert-OH is 1. The van der Waals surface area contributed by atoms with Crippen molar-refractivity contribution >= 4 is 0 Å². The Hall–Kier alpha value is -1.92. The predicted octanol–water partition coefficient (Wildman–Crippen LogP) is -0.126. The summed E-state index contributed by atoms with van der Waals surface area (Å²) < 4.78 is 19.6. The minimum atomic E-state index is -1.37. The highest BCUT2D eigenvalue weighted by Gasteiger charge is 2.72. The Morgan fingerprint density at radius 1 is 1.40 bits per heavy atom. The molecule has 4 atom stereocenters.